The van der Waals surface area contributed by atoms with E-state index in [2.05, 4.69) is 19.2 Å². The van der Waals surface area contributed by atoms with E-state index in [1.54, 1.807) is 6.07 Å². The molecule has 1 aromatic heterocycles. The number of anilines is 1. The molecule has 33 heavy (non-hydrogen) atoms. The van der Waals surface area contributed by atoms with E-state index in [0.29, 0.717) is 22.3 Å². The monoisotopic (exact) mass is 441 g/mol. The van der Waals surface area contributed by atoms with E-state index < -0.39 is 0 Å². The Kier molecular flexibility index (Phi) is 6.31. The van der Waals surface area contributed by atoms with Crippen molar-refractivity contribution in [1.29, 1.82) is 0 Å². The van der Waals surface area contributed by atoms with E-state index in [1.165, 1.54) is 0 Å². The van der Waals surface area contributed by atoms with Crippen LogP contribution in [0.5, 0.6) is 5.75 Å². The van der Waals surface area contributed by atoms with Crippen molar-refractivity contribution in [1.82, 2.24) is 0 Å². The van der Waals surface area contributed by atoms with Crippen LogP contribution in [0.25, 0.3) is 22.3 Å². The number of carbonyl (C=O) groups excluding carboxylic acids is 1. The van der Waals surface area contributed by atoms with Gasteiger partial charge < -0.3 is 14.5 Å². The second-order valence-corrected chi connectivity index (χ2v) is 8.53. The largest absolute Gasteiger partial charge is 0.476 e. The topological polar surface area (TPSA) is 68.5 Å². The van der Waals surface area contributed by atoms with Gasteiger partial charge >= 0.3 is 0 Å². The van der Waals surface area contributed by atoms with E-state index in [4.69, 9.17) is 9.15 Å². The zero-order valence-corrected chi connectivity index (χ0v) is 19.3. The molecule has 0 radical (unpaired) electrons. The molecule has 0 saturated heterocycles. The molecular weight excluding hydrogens is 414 g/mol. The van der Waals surface area contributed by atoms with E-state index in [0.717, 1.165) is 22.4 Å². The van der Waals surface area contributed by atoms with Crippen LogP contribution in [0.15, 0.2) is 75.9 Å². The van der Waals surface area contributed by atoms with Gasteiger partial charge in [0.2, 0.25) is 11.2 Å². The van der Waals surface area contributed by atoms with Crippen LogP contribution in [0.1, 0.15) is 36.5 Å². The molecule has 1 heterocycles. The molecule has 1 N–H and O–H groups in total. The summed E-state index contributed by atoms with van der Waals surface area (Å²) in [6, 6.07) is 20.7. The number of ether oxygens (including phenoxy) is 1. The molecule has 4 rings (SSSR count). The highest BCUT2D eigenvalue weighted by atomic mass is 16.5. The van der Waals surface area contributed by atoms with Crippen LogP contribution in [-0.4, -0.2) is 12.5 Å². The van der Waals surface area contributed by atoms with Gasteiger partial charge in [-0.25, -0.2) is 0 Å². The lowest BCUT2D eigenvalue weighted by molar-refractivity contribution is -0.118. The molecule has 5 nitrogen and oxygen atoms in total. The van der Waals surface area contributed by atoms with Crippen molar-refractivity contribution in [2.24, 2.45) is 0 Å². The number of benzene rings is 3. The van der Waals surface area contributed by atoms with E-state index >= 15 is 0 Å². The van der Waals surface area contributed by atoms with Gasteiger partial charge in [0.05, 0.1) is 5.39 Å². The summed E-state index contributed by atoms with van der Waals surface area (Å²) in [6.07, 6.45) is 0. The number of rotatable bonds is 6. The van der Waals surface area contributed by atoms with Crippen LogP contribution in [-0.2, 0) is 4.79 Å². The second-order valence-electron chi connectivity index (χ2n) is 8.53. The van der Waals surface area contributed by atoms with Gasteiger partial charge in [-0.1, -0.05) is 67.9 Å². The number of para-hydroxylation sites is 1. The second kappa shape index (κ2) is 9.33. The van der Waals surface area contributed by atoms with Crippen LogP contribution < -0.4 is 15.5 Å². The Balaban J connectivity index is 1.68. The summed E-state index contributed by atoms with van der Waals surface area (Å²) in [5.74, 6) is 0.254. The Morgan fingerprint density at radius 2 is 1.67 bits per heavy atom. The first-order valence-electron chi connectivity index (χ1n) is 11.0. The van der Waals surface area contributed by atoms with Gasteiger partial charge in [-0.3, -0.25) is 9.59 Å². The Morgan fingerprint density at radius 1 is 0.970 bits per heavy atom. The highest BCUT2D eigenvalue weighted by Gasteiger charge is 2.19. The number of hydrogen-bond donors (Lipinski definition) is 1. The van der Waals surface area contributed by atoms with Gasteiger partial charge in [0.15, 0.2) is 12.4 Å². The van der Waals surface area contributed by atoms with E-state index in [1.807, 2.05) is 74.5 Å². The minimum Gasteiger partial charge on any atom is -0.476 e. The maximum atomic E-state index is 13.3. The summed E-state index contributed by atoms with van der Waals surface area (Å²) in [5, 5.41) is 3.31. The maximum absolute atomic E-state index is 13.3. The summed E-state index contributed by atoms with van der Waals surface area (Å²) in [7, 11) is 0. The summed E-state index contributed by atoms with van der Waals surface area (Å²) in [6.45, 7) is 7.75. The van der Waals surface area contributed by atoms with Gasteiger partial charge in [0.1, 0.15) is 5.58 Å². The normalized spacial score (nSPS) is 11.1. The van der Waals surface area contributed by atoms with Crippen LogP contribution in [0.4, 0.5) is 5.69 Å². The van der Waals surface area contributed by atoms with Gasteiger partial charge in [0, 0.05) is 11.3 Å². The standard InChI is InChI=1S/C28H27NO4/c1-17(2)21-7-5-6-8-23(21)29-25(30)16-32-28-26(31)22-14-11-19(4)15-24(22)33-27(28)20-12-9-18(3)10-13-20/h5-15,17H,16H2,1-4H3,(H,29,30). The molecular formula is C28H27NO4. The van der Waals surface area contributed by atoms with Gasteiger partial charge in [0.25, 0.3) is 5.91 Å². The molecule has 0 unspecified atom stereocenters. The lowest BCUT2D eigenvalue weighted by Crippen LogP contribution is -2.23. The predicted octanol–water partition coefficient (Wildman–Crippen LogP) is 6.22. The molecule has 0 aliphatic heterocycles. The minimum atomic E-state index is -0.346. The van der Waals surface area contributed by atoms with Crippen molar-refractivity contribution < 1.29 is 13.9 Å². The molecule has 0 fully saturated rings. The quantitative estimate of drug-likeness (QED) is 0.386. The predicted molar refractivity (Wildman–Crippen MR) is 132 cm³/mol. The van der Waals surface area contributed by atoms with Crippen LogP contribution in [0, 0.1) is 13.8 Å². The van der Waals surface area contributed by atoms with Crippen molar-refractivity contribution >= 4 is 22.6 Å². The number of nitrogens with one attached hydrogen (secondary N) is 1. The number of carbonyl (C=O) groups is 1. The van der Waals surface area contributed by atoms with Crippen molar-refractivity contribution in [3.05, 3.63) is 93.6 Å². The Hall–Kier alpha value is -3.86. The fraction of sp³-hybridized carbons (Fsp3) is 0.214. The van der Waals surface area contributed by atoms with Gasteiger partial charge in [-0.15, -0.1) is 0 Å². The van der Waals surface area contributed by atoms with Crippen molar-refractivity contribution in [2.75, 3.05) is 11.9 Å². The molecule has 0 aliphatic carbocycles. The molecule has 1 amide bonds. The first kappa shape index (κ1) is 22.3. The van der Waals surface area contributed by atoms with Crippen LogP contribution in [0.3, 0.4) is 0 Å². The highest BCUT2D eigenvalue weighted by molar-refractivity contribution is 5.93. The van der Waals surface area contributed by atoms with Crippen molar-refractivity contribution in [3.63, 3.8) is 0 Å². The highest BCUT2D eigenvalue weighted by Crippen LogP contribution is 2.31. The Bertz CT molecular complexity index is 1370. The molecule has 0 saturated carbocycles. The molecule has 4 aromatic rings. The van der Waals surface area contributed by atoms with Crippen LogP contribution >= 0.6 is 0 Å². The summed E-state index contributed by atoms with van der Waals surface area (Å²) in [4.78, 5) is 26.0. The Labute approximate surface area is 193 Å². The third kappa shape index (κ3) is 4.82. The third-order valence-corrected chi connectivity index (χ3v) is 5.52. The van der Waals surface area contributed by atoms with Crippen molar-refractivity contribution in [3.8, 4) is 17.1 Å². The molecule has 3 aromatic carbocycles. The average molecular weight is 442 g/mol. The average Bonchev–Trinajstić information content (AvgIpc) is 2.79. The molecule has 0 aliphatic rings. The fourth-order valence-electron chi connectivity index (χ4n) is 3.75. The molecule has 168 valence electrons. The summed E-state index contributed by atoms with van der Waals surface area (Å²) in [5.41, 5.74) is 4.73. The number of hydrogen-bond acceptors (Lipinski definition) is 4. The number of fused-ring (bicyclic) bond motifs is 1. The molecule has 0 atom stereocenters. The first-order valence-corrected chi connectivity index (χ1v) is 11.0. The van der Waals surface area contributed by atoms with Gasteiger partial charge in [-0.05, 0) is 49.1 Å². The SMILES string of the molecule is Cc1ccc(-c2oc3cc(C)ccc3c(=O)c2OCC(=O)Nc2ccccc2C(C)C)cc1. The number of amides is 1. The molecule has 5 heteroatoms. The van der Waals surface area contributed by atoms with E-state index in [9.17, 15) is 9.59 Å². The van der Waals surface area contributed by atoms with E-state index in [-0.39, 0.29) is 29.6 Å². The Morgan fingerprint density at radius 3 is 2.39 bits per heavy atom. The minimum absolute atomic E-state index is 0.0301. The molecule has 0 spiro atoms. The number of aryl methyl sites for hydroxylation is 2. The smallest absolute Gasteiger partial charge is 0.262 e. The summed E-state index contributed by atoms with van der Waals surface area (Å²) < 4.78 is 11.9. The zero-order valence-electron chi connectivity index (χ0n) is 19.3. The third-order valence-electron chi connectivity index (χ3n) is 5.52. The maximum Gasteiger partial charge on any atom is 0.262 e. The lowest BCUT2D eigenvalue weighted by Gasteiger charge is -2.15. The lowest BCUT2D eigenvalue weighted by atomic mass is 10.0. The van der Waals surface area contributed by atoms with Gasteiger partial charge in [-0.2, -0.15) is 0 Å². The van der Waals surface area contributed by atoms with Crippen molar-refractivity contribution in [2.45, 2.75) is 33.6 Å². The fourth-order valence-corrected chi connectivity index (χ4v) is 3.75. The zero-order chi connectivity index (χ0) is 23.5. The van der Waals surface area contributed by atoms with Crippen LogP contribution in [0.2, 0.25) is 0 Å². The molecule has 0 bridgehead atoms. The first-order chi connectivity index (χ1) is 15.8. The summed E-state index contributed by atoms with van der Waals surface area (Å²) >= 11 is 0.